The molecule has 4 fully saturated rings. The number of aliphatic hydroxyl groups excluding tert-OH is 11. The topological polar surface area (TPSA) is 311 Å². The molecule has 5 rings (SSSR count). The SMILES string of the molecule is OCC1O[C@@H](OC2C(O)[C@H](OC3C(O)[C@H](n4cc([C@H]5NCC[C@@H]5O)nn4)OC(CO)[C@H]3O)OC(CO)[C@H]2O)C(O)C(O)[C@@H]1O. The molecule has 4 aliphatic rings. The maximum Gasteiger partial charge on any atom is 0.187 e. The van der Waals surface area contributed by atoms with Gasteiger partial charge in [0, 0.05) is 0 Å². The van der Waals surface area contributed by atoms with Crippen molar-refractivity contribution in [3.63, 3.8) is 0 Å². The molecule has 20 nitrogen and oxygen atoms in total. The molecule has 0 aromatic carbocycles. The van der Waals surface area contributed by atoms with Gasteiger partial charge in [-0.2, -0.15) is 0 Å². The molecule has 0 aliphatic carbocycles. The largest absolute Gasteiger partial charge is 0.394 e. The molecule has 12 N–H and O–H groups in total. The van der Waals surface area contributed by atoms with Crippen LogP contribution in [0.25, 0.3) is 0 Å². The van der Waals surface area contributed by atoms with Crippen LogP contribution < -0.4 is 5.32 Å². The zero-order valence-electron chi connectivity index (χ0n) is 23.2. The highest BCUT2D eigenvalue weighted by atomic mass is 16.7. The Morgan fingerprint density at radius 2 is 1.25 bits per heavy atom. The van der Waals surface area contributed by atoms with E-state index in [0.29, 0.717) is 18.7 Å². The molecule has 0 amide bonds. The first-order valence-electron chi connectivity index (χ1n) is 14.2. The lowest BCUT2D eigenvalue weighted by Gasteiger charge is -2.48. The second-order valence-electron chi connectivity index (χ2n) is 11.2. The summed E-state index contributed by atoms with van der Waals surface area (Å²) in [7, 11) is 0. The number of nitrogens with one attached hydrogen (secondary N) is 1. The van der Waals surface area contributed by atoms with Gasteiger partial charge in [-0.3, -0.25) is 0 Å². The lowest BCUT2D eigenvalue weighted by atomic mass is 9.95. The Hall–Kier alpha value is -1.54. The third-order valence-electron chi connectivity index (χ3n) is 8.39. The average Bonchev–Trinajstić information content (AvgIpc) is 3.67. The van der Waals surface area contributed by atoms with Crippen LogP contribution >= 0.6 is 0 Å². The van der Waals surface area contributed by atoms with Crippen LogP contribution in [0.4, 0.5) is 0 Å². The van der Waals surface area contributed by atoms with Crippen molar-refractivity contribution in [2.24, 2.45) is 0 Å². The van der Waals surface area contributed by atoms with Gasteiger partial charge in [0.25, 0.3) is 0 Å². The Morgan fingerprint density at radius 1 is 0.705 bits per heavy atom. The van der Waals surface area contributed by atoms with E-state index in [-0.39, 0.29) is 0 Å². The quantitative estimate of drug-likeness (QED) is 0.119. The molecule has 17 atom stereocenters. The Balaban J connectivity index is 1.34. The zero-order chi connectivity index (χ0) is 31.9. The van der Waals surface area contributed by atoms with Crippen LogP contribution in [0.2, 0.25) is 0 Å². The number of aromatic nitrogens is 3. The van der Waals surface area contributed by atoms with Crippen molar-refractivity contribution in [1.29, 1.82) is 0 Å². The van der Waals surface area contributed by atoms with E-state index in [1.165, 1.54) is 6.20 Å². The molecule has 1 aromatic rings. The Bertz CT molecular complexity index is 1070. The fourth-order valence-corrected chi connectivity index (χ4v) is 5.81. The summed E-state index contributed by atoms with van der Waals surface area (Å²) >= 11 is 0. The molecule has 1 aromatic heterocycles. The Morgan fingerprint density at radius 3 is 1.82 bits per heavy atom. The summed E-state index contributed by atoms with van der Waals surface area (Å²) in [6, 6.07) is -0.524. The van der Waals surface area contributed by atoms with Crippen LogP contribution in [0.5, 0.6) is 0 Å². The molecular weight excluding hydrogens is 600 g/mol. The summed E-state index contributed by atoms with van der Waals surface area (Å²) in [5.41, 5.74) is 0.342. The first-order valence-corrected chi connectivity index (χ1v) is 14.2. The molecule has 20 heteroatoms. The van der Waals surface area contributed by atoms with Crippen molar-refractivity contribution in [3.05, 3.63) is 11.9 Å². The van der Waals surface area contributed by atoms with E-state index in [9.17, 15) is 56.2 Å². The Kier molecular flexibility index (Phi) is 10.8. The summed E-state index contributed by atoms with van der Waals surface area (Å²) in [6.45, 7) is -1.79. The predicted octanol–water partition coefficient (Wildman–Crippen LogP) is -7.71. The number of hydrogen-bond donors (Lipinski definition) is 12. The molecule has 44 heavy (non-hydrogen) atoms. The van der Waals surface area contributed by atoms with Crippen LogP contribution in [0, 0.1) is 0 Å². The number of rotatable bonds is 9. The first kappa shape index (κ1) is 33.8. The smallest absolute Gasteiger partial charge is 0.187 e. The van der Waals surface area contributed by atoms with Crippen molar-refractivity contribution < 1.29 is 79.9 Å². The highest BCUT2D eigenvalue weighted by Gasteiger charge is 2.54. The monoisotopic (exact) mass is 640 g/mol. The third kappa shape index (κ3) is 6.37. The van der Waals surface area contributed by atoms with Crippen molar-refractivity contribution in [3.8, 4) is 0 Å². The van der Waals surface area contributed by atoms with E-state index in [1.54, 1.807) is 0 Å². The van der Waals surface area contributed by atoms with Crippen molar-refractivity contribution in [2.45, 2.75) is 111 Å². The van der Waals surface area contributed by atoms with Crippen molar-refractivity contribution in [1.82, 2.24) is 20.3 Å². The summed E-state index contributed by atoms with van der Waals surface area (Å²) in [6.07, 6.45) is -23.9. The molecule has 5 heterocycles. The molecule has 0 spiro atoms. The molecule has 252 valence electrons. The molecule has 0 bridgehead atoms. The number of ether oxygens (including phenoxy) is 5. The van der Waals surface area contributed by atoms with Crippen molar-refractivity contribution >= 4 is 0 Å². The summed E-state index contributed by atoms with van der Waals surface area (Å²) in [4.78, 5) is 0. The van der Waals surface area contributed by atoms with E-state index >= 15 is 0 Å². The highest BCUT2D eigenvalue weighted by molar-refractivity contribution is 5.07. The van der Waals surface area contributed by atoms with Gasteiger partial charge < -0.3 is 85.2 Å². The van der Waals surface area contributed by atoms with Gasteiger partial charge in [-0.15, -0.1) is 5.10 Å². The fraction of sp³-hybridized carbons (Fsp3) is 0.917. The van der Waals surface area contributed by atoms with Gasteiger partial charge in [-0.1, -0.05) is 5.21 Å². The van der Waals surface area contributed by atoms with Gasteiger partial charge in [0.1, 0.15) is 78.9 Å². The molecule has 0 radical (unpaired) electrons. The van der Waals surface area contributed by atoms with Crippen LogP contribution in [-0.4, -0.2) is 189 Å². The molecule has 9 unspecified atom stereocenters. The second-order valence-corrected chi connectivity index (χ2v) is 11.2. The van der Waals surface area contributed by atoms with E-state index in [0.717, 1.165) is 4.68 Å². The second kappa shape index (κ2) is 14.1. The van der Waals surface area contributed by atoms with Gasteiger partial charge >= 0.3 is 0 Å². The normalized spacial score (nSPS) is 48.5. The van der Waals surface area contributed by atoms with E-state index < -0.39 is 124 Å². The fourth-order valence-electron chi connectivity index (χ4n) is 5.81. The summed E-state index contributed by atoms with van der Waals surface area (Å²) in [5.74, 6) is 0. The molecular formula is C24H40N4O16. The maximum absolute atomic E-state index is 11.2. The van der Waals surface area contributed by atoms with Crippen LogP contribution in [-0.2, 0) is 23.7 Å². The first-order chi connectivity index (χ1) is 21.0. The molecule has 4 aliphatic heterocycles. The van der Waals surface area contributed by atoms with Gasteiger partial charge in [-0.25, -0.2) is 4.68 Å². The van der Waals surface area contributed by atoms with Crippen LogP contribution in [0.1, 0.15) is 24.4 Å². The minimum absolute atomic E-state index is 0.342. The van der Waals surface area contributed by atoms with Crippen LogP contribution in [0.3, 0.4) is 0 Å². The van der Waals surface area contributed by atoms with E-state index in [1.807, 2.05) is 0 Å². The third-order valence-corrected chi connectivity index (χ3v) is 8.39. The highest BCUT2D eigenvalue weighted by Crippen LogP contribution is 2.35. The van der Waals surface area contributed by atoms with Gasteiger partial charge in [0.05, 0.1) is 38.2 Å². The van der Waals surface area contributed by atoms with Gasteiger partial charge in [-0.05, 0) is 13.0 Å². The molecule has 0 saturated carbocycles. The maximum atomic E-state index is 11.2. The van der Waals surface area contributed by atoms with Gasteiger partial charge in [0.2, 0.25) is 0 Å². The van der Waals surface area contributed by atoms with E-state index in [2.05, 4.69) is 15.6 Å². The lowest BCUT2D eigenvalue weighted by molar-refractivity contribution is -0.376. The number of hydrogen-bond acceptors (Lipinski definition) is 19. The standard InChI is InChI=1S/C24H40N4O16/c29-4-9-13(33)16(36)17(37)23(41-9)44-21-15(35)11(6-31)42-24(19(21)39)43-20-14(34)10(5-30)40-22(18(20)38)28-3-7(26-27-28)12-8(32)1-2-25-12/h3,8-25,29-39H,1-2,4-6H2/t8-,9?,10?,11?,12+,13+,14+,15+,16?,17?,18?,19?,20?,21?,22+,23-,24-/m0/s1. The molecule has 4 saturated heterocycles. The predicted molar refractivity (Wildman–Crippen MR) is 136 cm³/mol. The zero-order valence-corrected chi connectivity index (χ0v) is 23.2. The van der Waals surface area contributed by atoms with Crippen LogP contribution in [0.15, 0.2) is 6.20 Å². The van der Waals surface area contributed by atoms with Gasteiger partial charge in [0.15, 0.2) is 18.8 Å². The number of aliphatic hydroxyl groups is 11. The number of nitrogens with zero attached hydrogens (tertiary/aromatic N) is 3. The minimum Gasteiger partial charge on any atom is -0.394 e. The average molecular weight is 641 g/mol. The Labute approximate surface area is 249 Å². The van der Waals surface area contributed by atoms with E-state index in [4.69, 9.17) is 23.7 Å². The summed E-state index contributed by atoms with van der Waals surface area (Å²) < 4.78 is 28.9. The minimum atomic E-state index is -1.94. The van der Waals surface area contributed by atoms with Crippen molar-refractivity contribution in [2.75, 3.05) is 26.4 Å². The summed E-state index contributed by atoms with van der Waals surface area (Å²) in [5, 5.41) is 125. The lowest BCUT2D eigenvalue weighted by Crippen LogP contribution is -2.66.